The Hall–Kier alpha value is -14.1. The molecule has 0 spiro atoms. The van der Waals surface area contributed by atoms with Crippen molar-refractivity contribution in [1.82, 2.24) is 39.0 Å². The van der Waals surface area contributed by atoms with Crippen molar-refractivity contribution in [3.8, 4) is 146 Å². The predicted octanol–water partition coefficient (Wildman–Crippen LogP) is 26.7. The largest absolute Gasteiger partial charge is 0.309 e. The lowest BCUT2D eigenvalue weighted by Gasteiger charge is -2.21. The molecule has 0 saturated heterocycles. The Kier molecular flexibility index (Phi) is 17.2. The van der Waals surface area contributed by atoms with Crippen LogP contribution in [0.1, 0.15) is 44.5 Å². The van der Waals surface area contributed by atoms with Gasteiger partial charge in [0.1, 0.15) is 0 Å². The molecule has 4 aromatic heterocycles. The highest BCUT2D eigenvalue weighted by atomic mass is 15.1. The van der Waals surface area contributed by atoms with Crippen LogP contribution in [0.15, 0.2) is 328 Å². The van der Waals surface area contributed by atoms with Crippen molar-refractivity contribution in [3.05, 3.63) is 372 Å². The van der Waals surface area contributed by atoms with Gasteiger partial charge in [-0.25, -0.2) is 29.9 Å². The van der Waals surface area contributed by atoms with Crippen LogP contribution in [0, 0.1) is 55.4 Å². The molecule has 15 aromatic carbocycles. The minimum Gasteiger partial charge on any atom is -0.309 e. The van der Waals surface area contributed by atoms with Crippen LogP contribution in [-0.4, -0.2) is 39.0 Å². The number of hydrogen-bond acceptors (Lipinski definition) is 6. The second-order valence-corrected chi connectivity index (χ2v) is 29.9. The first-order chi connectivity index (χ1) is 54.8. The Morgan fingerprint density at radius 2 is 0.429 bits per heavy atom. The number of hydrogen-bond donors (Lipinski definition) is 0. The maximum atomic E-state index is 5.57. The zero-order chi connectivity index (χ0) is 75.8. The Morgan fingerprint density at radius 3 is 0.696 bits per heavy atom. The first-order valence-corrected chi connectivity index (χ1v) is 38.4. The van der Waals surface area contributed by atoms with Crippen LogP contribution in [0.3, 0.4) is 0 Å². The van der Waals surface area contributed by atoms with E-state index >= 15 is 0 Å². The molecule has 0 aliphatic carbocycles. The van der Waals surface area contributed by atoms with Gasteiger partial charge in [0, 0.05) is 66.1 Å². The van der Waals surface area contributed by atoms with Gasteiger partial charge in [0.15, 0.2) is 34.9 Å². The predicted molar refractivity (Wildman–Crippen MR) is 465 cm³/mol. The van der Waals surface area contributed by atoms with Gasteiger partial charge in [-0.1, -0.05) is 283 Å². The van der Waals surface area contributed by atoms with Gasteiger partial charge in [0.2, 0.25) is 0 Å². The van der Waals surface area contributed by atoms with E-state index in [0.29, 0.717) is 34.9 Å². The molecule has 0 fully saturated rings. The van der Waals surface area contributed by atoms with Crippen molar-refractivity contribution in [3.63, 3.8) is 0 Å². The Balaban J connectivity index is 0.919. The van der Waals surface area contributed by atoms with Gasteiger partial charge in [0.05, 0.1) is 33.4 Å². The lowest BCUT2D eigenvalue weighted by Crippen LogP contribution is -2.05. The summed E-state index contributed by atoms with van der Waals surface area (Å²) in [4.78, 5) is 32.8. The lowest BCUT2D eigenvalue weighted by molar-refractivity contribution is 1.07. The summed E-state index contributed by atoms with van der Waals surface area (Å²) < 4.78 is 4.95. The molecular weight excluding hydrogens is 1360 g/mol. The molecule has 0 unspecified atom stereocenters. The molecule has 0 radical (unpaired) electrons. The maximum Gasteiger partial charge on any atom is 0.164 e. The number of aromatic nitrogens is 8. The molecule has 534 valence electrons. The fraction of sp³-hybridized carbons (Fsp3) is 0.0769. The molecule has 0 amide bonds. The van der Waals surface area contributed by atoms with E-state index in [9.17, 15) is 0 Å². The summed E-state index contributed by atoms with van der Waals surface area (Å²) in [5.41, 5.74) is 34.3. The topological polar surface area (TPSA) is 87.2 Å². The second kappa shape index (κ2) is 28.2. The summed E-state index contributed by atoms with van der Waals surface area (Å²) in [6.07, 6.45) is 0. The minimum absolute atomic E-state index is 0.531. The second-order valence-electron chi connectivity index (χ2n) is 29.9. The SMILES string of the molecule is Cc1ccc(-c2ccc3c(c2)c2cc(-c4ccc(C)cc4C)ccc2n3-c2cccc(-c3nc(-c4ccccc4)nc(-c4ccccc4)n3)c2-c2cccc(-c3c(-c4nc(-c5ccccc5)nc(-c5ccccc5)n4)cccc3-n3c4ccc(-c5ccc(C)cc5C)cc4c4cc(-c5ccc(C)cc5C)ccc43)c2)c(C)c1. The number of aryl methyl sites for hydroxylation is 8. The van der Waals surface area contributed by atoms with E-state index in [2.05, 4.69) is 319 Å². The van der Waals surface area contributed by atoms with Crippen LogP contribution in [-0.2, 0) is 0 Å². The zero-order valence-corrected chi connectivity index (χ0v) is 63.8. The summed E-state index contributed by atoms with van der Waals surface area (Å²) in [5.74, 6) is 3.33. The molecule has 0 N–H and O–H groups in total. The van der Waals surface area contributed by atoms with Gasteiger partial charge in [-0.3, -0.25) is 0 Å². The monoisotopic (exact) mass is 1440 g/mol. The summed E-state index contributed by atoms with van der Waals surface area (Å²) >= 11 is 0. The third-order valence-electron chi connectivity index (χ3n) is 22.2. The molecule has 0 aliphatic heterocycles. The molecule has 0 saturated carbocycles. The van der Waals surface area contributed by atoms with Crippen LogP contribution in [0.5, 0.6) is 0 Å². The molecule has 112 heavy (non-hydrogen) atoms. The molecule has 19 rings (SSSR count). The number of rotatable bonds is 14. The summed E-state index contributed by atoms with van der Waals surface area (Å²) in [7, 11) is 0. The van der Waals surface area contributed by atoms with Gasteiger partial charge < -0.3 is 9.13 Å². The fourth-order valence-electron chi connectivity index (χ4n) is 16.9. The van der Waals surface area contributed by atoms with E-state index in [0.717, 1.165) is 133 Å². The van der Waals surface area contributed by atoms with Crippen molar-refractivity contribution in [2.45, 2.75) is 55.4 Å². The van der Waals surface area contributed by atoms with E-state index in [1.807, 2.05) is 72.8 Å². The average Bonchev–Trinajstić information content (AvgIpc) is 1.55. The first kappa shape index (κ1) is 68.5. The maximum absolute atomic E-state index is 5.57. The molecule has 0 aliphatic rings. The van der Waals surface area contributed by atoms with Crippen LogP contribution in [0.2, 0.25) is 0 Å². The Morgan fingerprint density at radius 1 is 0.179 bits per heavy atom. The highest BCUT2D eigenvalue weighted by Crippen LogP contribution is 2.48. The van der Waals surface area contributed by atoms with Gasteiger partial charge >= 0.3 is 0 Å². The molecule has 0 bridgehead atoms. The highest BCUT2D eigenvalue weighted by molar-refractivity contribution is 6.14. The highest BCUT2D eigenvalue weighted by Gasteiger charge is 2.28. The fourth-order valence-corrected chi connectivity index (χ4v) is 16.9. The smallest absolute Gasteiger partial charge is 0.164 e. The van der Waals surface area contributed by atoms with E-state index in [1.54, 1.807) is 0 Å². The van der Waals surface area contributed by atoms with E-state index in [1.165, 1.54) is 66.8 Å². The number of nitrogens with zero attached hydrogens (tertiary/aromatic N) is 8. The van der Waals surface area contributed by atoms with Crippen molar-refractivity contribution >= 4 is 43.6 Å². The summed E-state index contributed by atoms with van der Waals surface area (Å²) in [6, 6.07) is 119. The van der Waals surface area contributed by atoms with Gasteiger partial charge in [-0.05, 0) is 200 Å². The van der Waals surface area contributed by atoms with E-state index in [4.69, 9.17) is 29.9 Å². The normalized spacial score (nSPS) is 11.6. The third-order valence-corrected chi connectivity index (χ3v) is 22.2. The van der Waals surface area contributed by atoms with Crippen molar-refractivity contribution in [2.75, 3.05) is 0 Å². The third kappa shape index (κ3) is 12.4. The van der Waals surface area contributed by atoms with Gasteiger partial charge in [-0.15, -0.1) is 0 Å². The molecule has 8 nitrogen and oxygen atoms in total. The van der Waals surface area contributed by atoms with Crippen LogP contribution in [0.4, 0.5) is 0 Å². The van der Waals surface area contributed by atoms with Crippen molar-refractivity contribution in [2.24, 2.45) is 0 Å². The number of fused-ring (bicyclic) bond motifs is 6. The molecule has 4 heterocycles. The summed E-state index contributed by atoms with van der Waals surface area (Å²) in [5, 5.41) is 4.54. The van der Waals surface area contributed by atoms with Crippen LogP contribution < -0.4 is 0 Å². The molecular formula is C104H78N8. The lowest BCUT2D eigenvalue weighted by atomic mass is 9.91. The Labute approximate surface area is 652 Å². The average molecular weight is 1440 g/mol. The molecule has 19 aromatic rings. The summed E-state index contributed by atoms with van der Waals surface area (Å²) in [6.45, 7) is 17.5. The standard InChI is InChI=1S/C104H78N8/c1-63-38-46-81(67(5)54-63)75-42-50-91-87(59-75)88-60-76(82-47-39-64(2)55-68(82)6)43-51-92(88)111(91)95-36-22-34-85(103-107-99(71-24-13-9-14-25-71)105-100(108-103)72-26-15-10-16-27-72)97(95)79-32-21-33-80(58-79)98-86(104-109-101(73-28-17-11-18-29-73)106-102(110-104)74-30-19-12-20-31-74)35-23-37-96(98)112-93-52-44-77(83-48-40-65(3)56-69(83)7)61-89(93)90-62-78(45-53-94(90)112)84-49-41-66(4)57-70(84)8/h9-62H,1-8H3. The van der Waals surface area contributed by atoms with E-state index in [-0.39, 0.29) is 0 Å². The molecule has 8 heteroatoms. The van der Waals surface area contributed by atoms with Gasteiger partial charge in [0.25, 0.3) is 0 Å². The van der Waals surface area contributed by atoms with E-state index < -0.39 is 0 Å². The first-order valence-electron chi connectivity index (χ1n) is 38.4. The van der Waals surface area contributed by atoms with Gasteiger partial charge in [-0.2, -0.15) is 0 Å². The molecule has 0 atom stereocenters. The van der Waals surface area contributed by atoms with Crippen molar-refractivity contribution in [1.29, 1.82) is 0 Å². The number of benzene rings is 15. The van der Waals surface area contributed by atoms with Crippen LogP contribution >= 0.6 is 0 Å². The Bertz CT molecular complexity index is 6210. The zero-order valence-electron chi connectivity index (χ0n) is 63.8. The van der Waals surface area contributed by atoms with Crippen molar-refractivity contribution < 1.29 is 0 Å². The van der Waals surface area contributed by atoms with Crippen LogP contribution in [0.25, 0.3) is 190 Å². The minimum atomic E-state index is 0.531. The quantitative estimate of drug-likeness (QED) is 0.108.